The molecule has 0 bridgehead atoms. The molecule has 0 amide bonds. The minimum Gasteiger partial charge on any atom is -0.461 e. The van der Waals surface area contributed by atoms with Crippen LogP contribution in [-0.2, 0) is 16.1 Å². The van der Waals surface area contributed by atoms with E-state index in [4.69, 9.17) is 9.47 Å². The van der Waals surface area contributed by atoms with Crippen LogP contribution in [0.4, 0.5) is 0 Å². The normalized spacial score (nSPS) is 11.5. The summed E-state index contributed by atoms with van der Waals surface area (Å²) in [4.78, 5) is 29.5. The lowest BCUT2D eigenvalue weighted by molar-refractivity contribution is -0.142. The van der Waals surface area contributed by atoms with Crippen molar-refractivity contribution in [3.8, 4) is 5.75 Å². The topological polar surface area (TPSA) is 70.4 Å². The van der Waals surface area contributed by atoms with Crippen LogP contribution in [0.1, 0.15) is 43.7 Å². The van der Waals surface area contributed by atoms with Crippen molar-refractivity contribution in [2.75, 3.05) is 6.61 Å². The summed E-state index contributed by atoms with van der Waals surface area (Å²) in [7, 11) is 0. The molecule has 1 aromatic carbocycles. The van der Waals surface area contributed by atoms with Gasteiger partial charge in [-0.05, 0) is 65.1 Å². The molecule has 0 fully saturated rings. The number of hydrogen-bond acceptors (Lipinski definition) is 5. The fourth-order valence-corrected chi connectivity index (χ4v) is 3.95. The van der Waals surface area contributed by atoms with Gasteiger partial charge in [0.15, 0.2) is 11.4 Å². The Hall–Kier alpha value is -2.19. The number of ether oxygens (including phenoxy) is 2. The molecule has 2 aromatic heterocycles. The van der Waals surface area contributed by atoms with Gasteiger partial charge < -0.3 is 14.0 Å². The lowest BCUT2D eigenvalue weighted by Crippen LogP contribution is -2.26. The maximum atomic E-state index is 12.7. The van der Waals surface area contributed by atoms with Gasteiger partial charge in [-0.2, -0.15) is 0 Å². The highest BCUT2D eigenvalue weighted by Gasteiger charge is 2.30. The van der Waals surface area contributed by atoms with Crippen molar-refractivity contribution in [2.24, 2.45) is 5.41 Å². The minimum atomic E-state index is -0.760. The second kappa shape index (κ2) is 8.89. The van der Waals surface area contributed by atoms with E-state index >= 15 is 0 Å². The van der Waals surface area contributed by atoms with Crippen molar-refractivity contribution in [1.29, 1.82) is 0 Å². The van der Waals surface area contributed by atoms with Crippen LogP contribution in [0, 0.1) is 5.41 Å². The molecule has 0 atom stereocenters. The molecule has 0 spiro atoms. The first kappa shape index (κ1) is 22.5. The van der Waals surface area contributed by atoms with Crippen LogP contribution in [-0.4, -0.2) is 28.1 Å². The van der Waals surface area contributed by atoms with Gasteiger partial charge in [0, 0.05) is 6.54 Å². The number of rotatable bonds is 5. The summed E-state index contributed by atoms with van der Waals surface area (Å²) in [6, 6.07) is 9.94. The van der Waals surface area contributed by atoms with E-state index < -0.39 is 17.4 Å². The van der Waals surface area contributed by atoms with Crippen LogP contribution < -0.4 is 4.74 Å². The smallest absolute Gasteiger partial charge is 0.360 e. The zero-order valence-electron chi connectivity index (χ0n) is 17.2. The number of hydrogen-bond donors (Lipinski definition) is 0. The highest BCUT2D eigenvalue weighted by Crippen LogP contribution is 2.42. The zero-order valence-corrected chi connectivity index (χ0v) is 20.3. The van der Waals surface area contributed by atoms with Crippen LogP contribution in [0.2, 0.25) is 0 Å². The Balaban J connectivity index is 2.22. The molecule has 0 saturated heterocycles. The predicted octanol–water partition coefficient (Wildman–Crippen LogP) is 5.74. The first-order chi connectivity index (χ1) is 14.1. The highest BCUT2D eigenvalue weighted by atomic mass is 79.9. The van der Waals surface area contributed by atoms with Gasteiger partial charge in [-0.15, -0.1) is 0 Å². The molecule has 0 aliphatic heterocycles. The zero-order chi connectivity index (χ0) is 22.1. The van der Waals surface area contributed by atoms with Gasteiger partial charge in [0.2, 0.25) is 0 Å². The third-order valence-electron chi connectivity index (χ3n) is 4.40. The number of fused-ring (bicyclic) bond motifs is 1. The van der Waals surface area contributed by atoms with Gasteiger partial charge in [-0.1, -0.05) is 30.3 Å². The fourth-order valence-electron chi connectivity index (χ4n) is 2.84. The van der Waals surface area contributed by atoms with Crippen molar-refractivity contribution >= 4 is 54.7 Å². The minimum absolute atomic E-state index is 0.0352. The average molecular weight is 538 g/mol. The molecule has 30 heavy (non-hydrogen) atoms. The molecule has 0 unspecified atom stereocenters. The van der Waals surface area contributed by atoms with Crippen LogP contribution in [0.15, 0.2) is 45.6 Å². The van der Waals surface area contributed by atoms with Crippen LogP contribution in [0.25, 0.3) is 10.9 Å². The maximum Gasteiger partial charge on any atom is 0.360 e. The van der Waals surface area contributed by atoms with Crippen LogP contribution >= 0.6 is 31.9 Å². The number of aromatic nitrogens is 2. The molecule has 2 heterocycles. The molecule has 158 valence electrons. The Morgan fingerprint density at radius 3 is 2.40 bits per heavy atom. The first-order valence-electron chi connectivity index (χ1n) is 9.44. The molecule has 0 N–H and O–H groups in total. The SMILES string of the molecule is CCOC(=O)c1ncc2c(c(Br)c(Br)n2Cc2ccccc2)c1OC(=O)C(C)(C)C. The first-order valence-corrected chi connectivity index (χ1v) is 11.0. The number of pyridine rings is 1. The number of carbonyl (C=O) groups excluding carboxylic acids is 2. The maximum absolute atomic E-state index is 12.7. The number of benzene rings is 1. The molecule has 3 aromatic rings. The largest absolute Gasteiger partial charge is 0.461 e. The predicted molar refractivity (Wildman–Crippen MR) is 122 cm³/mol. The third kappa shape index (κ3) is 4.44. The van der Waals surface area contributed by atoms with E-state index in [0.717, 1.165) is 10.2 Å². The van der Waals surface area contributed by atoms with Crippen molar-refractivity contribution < 1.29 is 19.1 Å². The van der Waals surface area contributed by atoms with E-state index in [1.807, 2.05) is 34.9 Å². The lowest BCUT2D eigenvalue weighted by atomic mass is 9.97. The Kier molecular flexibility index (Phi) is 6.67. The number of carbonyl (C=O) groups is 2. The second-order valence-electron chi connectivity index (χ2n) is 7.73. The summed E-state index contributed by atoms with van der Waals surface area (Å²) in [5.41, 5.74) is 1.00. The Bertz CT molecular complexity index is 1100. The molecule has 8 heteroatoms. The quantitative estimate of drug-likeness (QED) is 0.388. The fraction of sp³-hybridized carbons (Fsp3) is 0.318. The van der Waals surface area contributed by atoms with E-state index in [2.05, 4.69) is 36.8 Å². The van der Waals surface area contributed by atoms with E-state index in [-0.39, 0.29) is 18.1 Å². The summed E-state index contributed by atoms with van der Waals surface area (Å²) in [5, 5.41) is 0.577. The average Bonchev–Trinajstić information content (AvgIpc) is 2.93. The summed E-state index contributed by atoms with van der Waals surface area (Å²) in [5.74, 6) is -1.03. The molecular weight excluding hydrogens is 516 g/mol. The van der Waals surface area contributed by atoms with Crippen molar-refractivity contribution in [2.45, 2.75) is 34.2 Å². The van der Waals surface area contributed by atoms with Crippen LogP contribution in [0.3, 0.4) is 0 Å². The van der Waals surface area contributed by atoms with Gasteiger partial charge in [-0.3, -0.25) is 4.79 Å². The highest BCUT2D eigenvalue weighted by molar-refractivity contribution is 9.13. The van der Waals surface area contributed by atoms with Gasteiger partial charge in [-0.25, -0.2) is 9.78 Å². The molecular formula is C22H22Br2N2O4. The monoisotopic (exact) mass is 536 g/mol. The molecule has 3 rings (SSSR count). The standard InChI is InChI=1S/C22H22Br2N2O4/c1-5-29-20(27)17-18(30-21(28)22(2,3)4)15-14(11-25-17)26(19(24)16(15)23)12-13-9-7-6-8-10-13/h6-11H,5,12H2,1-4H3. The molecule has 0 aliphatic rings. The lowest BCUT2D eigenvalue weighted by Gasteiger charge is -2.18. The number of nitrogens with zero attached hydrogens (tertiary/aromatic N) is 2. The van der Waals surface area contributed by atoms with Crippen molar-refractivity contribution in [1.82, 2.24) is 9.55 Å². The molecule has 0 saturated carbocycles. The van der Waals surface area contributed by atoms with Gasteiger partial charge in [0.1, 0.15) is 4.60 Å². The summed E-state index contributed by atoms with van der Waals surface area (Å²) in [6.45, 7) is 7.71. The van der Waals surface area contributed by atoms with E-state index in [9.17, 15) is 9.59 Å². The van der Waals surface area contributed by atoms with Crippen LogP contribution in [0.5, 0.6) is 5.75 Å². The number of halogens is 2. The van der Waals surface area contributed by atoms with E-state index in [1.165, 1.54) is 0 Å². The van der Waals surface area contributed by atoms with E-state index in [1.54, 1.807) is 33.9 Å². The number of esters is 2. The molecule has 0 aliphatic carbocycles. The van der Waals surface area contributed by atoms with Gasteiger partial charge in [0.05, 0.1) is 33.6 Å². The Labute approximate surface area is 191 Å². The van der Waals surface area contributed by atoms with Crippen molar-refractivity contribution in [3.05, 3.63) is 56.9 Å². The van der Waals surface area contributed by atoms with Crippen molar-refractivity contribution in [3.63, 3.8) is 0 Å². The summed E-state index contributed by atoms with van der Waals surface area (Å²) >= 11 is 7.20. The Morgan fingerprint density at radius 2 is 1.80 bits per heavy atom. The van der Waals surface area contributed by atoms with E-state index in [0.29, 0.717) is 21.9 Å². The van der Waals surface area contributed by atoms with Gasteiger partial charge >= 0.3 is 11.9 Å². The Morgan fingerprint density at radius 1 is 1.13 bits per heavy atom. The second-order valence-corrected chi connectivity index (χ2v) is 9.28. The summed E-state index contributed by atoms with van der Waals surface area (Å²) < 4.78 is 14.3. The van der Waals surface area contributed by atoms with Gasteiger partial charge in [0.25, 0.3) is 0 Å². The molecule has 6 nitrogen and oxygen atoms in total. The summed E-state index contributed by atoms with van der Waals surface area (Å²) in [6.07, 6.45) is 1.59. The third-order valence-corrected chi connectivity index (χ3v) is 6.53. The molecule has 0 radical (unpaired) electrons.